The van der Waals surface area contributed by atoms with Crippen molar-refractivity contribution in [1.29, 1.82) is 0 Å². The highest BCUT2D eigenvalue weighted by molar-refractivity contribution is 7.18. The Labute approximate surface area is 161 Å². The van der Waals surface area contributed by atoms with E-state index in [1.54, 1.807) is 23.5 Å². The number of aromatic nitrogens is 1. The van der Waals surface area contributed by atoms with Gasteiger partial charge in [-0.05, 0) is 36.4 Å². The van der Waals surface area contributed by atoms with Crippen molar-refractivity contribution in [2.45, 2.75) is 6.54 Å². The number of carbonyl (C=O) groups is 1. The third kappa shape index (κ3) is 4.68. The van der Waals surface area contributed by atoms with Gasteiger partial charge >= 0.3 is 0 Å². The molecule has 0 atom stereocenters. The van der Waals surface area contributed by atoms with Crippen LogP contribution in [0.2, 0.25) is 0 Å². The monoisotopic (exact) mass is 384 g/mol. The van der Waals surface area contributed by atoms with Gasteiger partial charge in [0.05, 0.1) is 23.3 Å². The van der Waals surface area contributed by atoms with Gasteiger partial charge < -0.3 is 5.32 Å². The number of hydrogen-bond acceptors (Lipinski definition) is 5. The van der Waals surface area contributed by atoms with E-state index in [0.717, 1.165) is 43.2 Å². The summed E-state index contributed by atoms with van der Waals surface area (Å²) in [6.45, 7) is 4.74. The molecule has 0 radical (unpaired) electrons. The molecule has 1 aliphatic rings. The van der Waals surface area contributed by atoms with Crippen molar-refractivity contribution >= 4 is 33.1 Å². The van der Waals surface area contributed by atoms with Crippen LogP contribution in [0.25, 0.3) is 10.2 Å². The Kier molecular flexibility index (Phi) is 5.42. The molecule has 1 aliphatic heterocycles. The Morgan fingerprint density at radius 1 is 1.04 bits per heavy atom. The van der Waals surface area contributed by atoms with Crippen molar-refractivity contribution < 1.29 is 9.18 Å². The number of benzene rings is 2. The summed E-state index contributed by atoms with van der Waals surface area (Å²) in [5, 5.41) is 3.95. The van der Waals surface area contributed by atoms with Gasteiger partial charge in [-0.25, -0.2) is 9.37 Å². The minimum absolute atomic E-state index is 0.0683. The predicted molar refractivity (Wildman–Crippen MR) is 106 cm³/mol. The van der Waals surface area contributed by atoms with Crippen LogP contribution in [0.5, 0.6) is 0 Å². The van der Waals surface area contributed by atoms with Gasteiger partial charge in [0.1, 0.15) is 10.8 Å². The Balaban J connectivity index is 1.24. The van der Waals surface area contributed by atoms with Gasteiger partial charge in [0.2, 0.25) is 5.91 Å². The first-order valence-electron chi connectivity index (χ1n) is 9.00. The summed E-state index contributed by atoms with van der Waals surface area (Å²) < 4.78 is 14.1. The molecule has 27 heavy (non-hydrogen) atoms. The van der Waals surface area contributed by atoms with Crippen LogP contribution in [0.4, 0.5) is 10.1 Å². The van der Waals surface area contributed by atoms with Crippen LogP contribution >= 0.6 is 11.3 Å². The van der Waals surface area contributed by atoms with E-state index in [1.165, 1.54) is 16.8 Å². The van der Waals surface area contributed by atoms with Crippen LogP contribution in [-0.2, 0) is 11.3 Å². The molecule has 4 rings (SSSR count). The summed E-state index contributed by atoms with van der Waals surface area (Å²) in [7, 11) is 0. The van der Waals surface area contributed by atoms with Crippen molar-refractivity contribution in [2.75, 3.05) is 38.0 Å². The number of nitrogens with zero attached hydrogens (tertiary/aromatic N) is 3. The quantitative estimate of drug-likeness (QED) is 0.734. The zero-order valence-electron chi connectivity index (χ0n) is 14.9. The summed E-state index contributed by atoms with van der Waals surface area (Å²) in [6.07, 6.45) is 0. The Morgan fingerprint density at radius 2 is 1.74 bits per heavy atom. The molecular formula is C20H21FN4OS. The number of halogens is 1. The number of anilines is 1. The summed E-state index contributed by atoms with van der Waals surface area (Å²) in [5.41, 5.74) is 1.68. The van der Waals surface area contributed by atoms with E-state index in [0.29, 0.717) is 12.2 Å². The van der Waals surface area contributed by atoms with Gasteiger partial charge in [-0.2, -0.15) is 0 Å². The molecule has 0 aliphatic carbocycles. The van der Waals surface area contributed by atoms with E-state index in [-0.39, 0.29) is 11.7 Å². The third-order valence-electron chi connectivity index (χ3n) is 4.66. The van der Waals surface area contributed by atoms with E-state index in [4.69, 9.17) is 4.98 Å². The predicted octanol–water partition coefficient (Wildman–Crippen LogP) is 3.19. The topological polar surface area (TPSA) is 48.5 Å². The first-order chi connectivity index (χ1) is 13.2. The number of thiazole rings is 1. The molecule has 5 nitrogen and oxygen atoms in total. The maximum atomic E-state index is 12.9. The number of amides is 1. The summed E-state index contributed by atoms with van der Waals surface area (Å²) in [5.74, 6) is -0.376. The fourth-order valence-electron chi connectivity index (χ4n) is 3.22. The minimum Gasteiger partial charge on any atom is -0.325 e. The van der Waals surface area contributed by atoms with Gasteiger partial charge in [-0.15, -0.1) is 11.3 Å². The average Bonchev–Trinajstić information content (AvgIpc) is 3.07. The maximum Gasteiger partial charge on any atom is 0.238 e. The Morgan fingerprint density at radius 3 is 2.48 bits per heavy atom. The molecule has 0 saturated carbocycles. The third-order valence-corrected chi connectivity index (χ3v) is 5.68. The lowest BCUT2D eigenvalue weighted by atomic mass is 10.3. The second-order valence-electron chi connectivity index (χ2n) is 6.68. The first-order valence-corrected chi connectivity index (χ1v) is 9.82. The zero-order chi connectivity index (χ0) is 18.6. The van der Waals surface area contributed by atoms with Crippen molar-refractivity contribution in [2.24, 2.45) is 0 Å². The molecule has 0 bridgehead atoms. The number of carbonyl (C=O) groups excluding carboxylic acids is 1. The van der Waals surface area contributed by atoms with Gasteiger partial charge in [0.25, 0.3) is 0 Å². The first kappa shape index (κ1) is 18.0. The highest BCUT2D eigenvalue weighted by Crippen LogP contribution is 2.23. The van der Waals surface area contributed by atoms with E-state index in [9.17, 15) is 9.18 Å². The van der Waals surface area contributed by atoms with Crippen molar-refractivity contribution in [3.63, 3.8) is 0 Å². The molecule has 0 spiro atoms. The standard InChI is InChI=1S/C20H21FN4OS/c21-15-5-7-16(8-6-15)22-19(26)13-24-9-11-25(12-10-24)14-20-23-17-3-1-2-4-18(17)27-20/h1-8H,9-14H2,(H,22,26). The van der Waals surface area contributed by atoms with Crippen molar-refractivity contribution in [1.82, 2.24) is 14.8 Å². The maximum absolute atomic E-state index is 12.9. The SMILES string of the molecule is O=C(CN1CCN(Cc2nc3ccccc3s2)CC1)Nc1ccc(F)cc1. The number of para-hydroxylation sites is 1. The molecule has 0 unspecified atom stereocenters. The molecule has 140 valence electrons. The normalized spacial score (nSPS) is 15.9. The number of hydrogen-bond donors (Lipinski definition) is 1. The van der Waals surface area contributed by atoms with Crippen LogP contribution in [0.3, 0.4) is 0 Å². The minimum atomic E-state index is -0.308. The summed E-state index contributed by atoms with van der Waals surface area (Å²) >= 11 is 1.75. The highest BCUT2D eigenvalue weighted by atomic mass is 32.1. The lowest BCUT2D eigenvalue weighted by Gasteiger charge is -2.33. The molecule has 1 saturated heterocycles. The molecule has 1 aromatic heterocycles. The number of rotatable bonds is 5. The van der Waals surface area contributed by atoms with E-state index >= 15 is 0 Å². The molecule has 1 amide bonds. The molecule has 1 N–H and O–H groups in total. The van der Waals surface area contributed by atoms with Crippen LogP contribution in [-0.4, -0.2) is 53.4 Å². The van der Waals surface area contributed by atoms with Crippen LogP contribution < -0.4 is 5.32 Å². The van der Waals surface area contributed by atoms with Crippen LogP contribution in [0.1, 0.15) is 5.01 Å². The van der Waals surface area contributed by atoms with Gasteiger partial charge in [0, 0.05) is 31.9 Å². The Bertz CT molecular complexity index is 886. The second kappa shape index (κ2) is 8.12. The number of piperazine rings is 1. The lowest BCUT2D eigenvalue weighted by molar-refractivity contribution is -0.117. The summed E-state index contributed by atoms with van der Waals surface area (Å²) in [6, 6.07) is 14.0. The molecule has 3 aromatic rings. The van der Waals surface area contributed by atoms with Gasteiger partial charge in [-0.3, -0.25) is 14.6 Å². The molecule has 2 aromatic carbocycles. The molecule has 2 heterocycles. The van der Waals surface area contributed by atoms with Gasteiger partial charge in [0.15, 0.2) is 0 Å². The van der Waals surface area contributed by atoms with Crippen molar-refractivity contribution in [3.8, 4) is 0 Å². The number of nitrogens with one attached hydrogen (secondary N) is 1. The van der Waals surface area contributed by atoms with Crippen LogP contribution in [0, 0.1) is 5.82 Å². The largest absolute Gasteiger partial charge is 0.325 e. The Hall–Kier alpha value is -2.35. The molecule has 7 heteroatoms. The average molecular weight is 384 g/mol. The molecule has 1 fully saturated rings. The fraction of sp³-hybridized carbons (Fsp3) is 0.300. The lowest BCUT2D eigenvalue weighted by Crippen LogP contribution is -2.48. The van der Waals surface area contributed by atoms with E-state index in [2.05, 4.69) is 21.2 Å². The highest BCUT2D eigenvalue weighted by Gasteiger charge is 2.20. The van der Waals surface area contributed by atoms with Crippen molar-refractivity contribution in [3.05, 3.63) is 59.4 Å². The zero-order valence-corrected chi connectivity index (χ0v) is 15.7. The van der Waals surface area contributed by atoms with Crippen LogP contribution in [0.15, 0.2) is 48.5 Å². The fourth-order valence-corrected chi connectivity index (χ4v) is 4.23. The van der Waals surface area contributed by atoms with E-state index in [1.807, 2.05) is 18.2 Å². The van der Waals surface area contributed by atoms with E-state index < -0.39 is 0 Å². The summed E-state index contributed by atoms with van der Waals surface area (Å²) in [4.78, 5) is 21.4. The number of fused-ring (bicyclic) bond motifs is 1. The smallest absolute Gasteiger partial charge is 0.238 e. The second-order valence-corrected chi connectivity index (χ2v) is 7.80. The molecular weight excluding hydrogens is 363 g/mol. The van der Waals surface area contributed by atoms with Gasteiger partial charge in [-0.1, -0.05) is 12.1 Å².